The summed E-state index contributed by atoms with van der Waals surface area (Å²) in [6.07, 6.45) is 2.33. The van der Waals surface area contributed by atoms with Gasteiger partial charge in [-0.25, -0.2) is 9.37 Å². The van der Waals surface area contributed by atoms with Crippen molar-refractivity contribution in [1.29, 1.82) is 0 Å². The number of likely N-dealkylation sites (tertiary alicyclic amines) is 1. The van der Waals surface area contributed by atoms with Gasteiger partial charge in [0.05, 0.1) is 12.6 Å². The lowest BCUT2D eigenvalue weighted by Crippen LogP contribution is -2.44. The number of carbonyl (C=O) groups excluding carboxylic acids is 1. The molecule has 4 heterocycles. The highest BCUT2D eigenvalue weighted by Gasteiger charge is 2.48. The SMILES string of the molecule is Cc1cc(C(=O)N2C[C@H](Oc3ncccc3F)[C@H]3OCCC[C@H]32)no1. The van der Waals surface area contributed by atoms with Crippen molar-refractivity contribution in [3.8, 4) is 5.88 Å². The third kappa shape index (κ3) is 2.97. The minimum Gasteiger partial charge on any atom is -0.468 e. The predicted molar refractivity (Wildman–Crippen MR) is 83.6 cm³/mol. The van der Waals surface area contributed by atoms with Gasteiger partial charge in [0.2, 0.25) is 0 Å². The first-order valence-electron chi connectivity index (χ1n) is 8.26. The molecule has 3 atom stereocenters. The Morgan fingerprint density at radius 3 is 3.12 bits per heavy atom. The molecule has 1 amide bonds. The third-order valence-corrected chi connectivity index (χ3v) is 4.57. The van der Waals surface area contributed by atoms with Gasteiger partial charge in [-0.15, -0.1) is 0 Å². The quantitative estimate of drug-likeness (QED) is 0.845. The molecule has 2 fully saturated rings. The molecule has 132 valence electrons. The van der Waals surface area contributed by atoms with E-state index in [0.29, 0.717) is 12.4 Å². The molecule has 0 saturated carbocycles. The Balaban J connectivity index is 1.57. The highest BCUT2D eigenvalue weighted by molar-refractivity contribution is 5.92. The molecular formula is C17H18FN3O4. The normalized spacial score (nSPS) is 25.7. The van der Waals surface area contributed by atoms with Crippen LogP contribution in [0.1, 0.15) is 29.1 Å². The van der Waals surface area contributed by atoms with Gasteiger partial charge < -0.3 is 18.9 Å². The minimum atomic E-state index is -0.535. The zero-order valence-corrected chi connectivity index (χ0v) is 13.7. The van der Waals surface area contributed by atoms with E-state index in [4.69, 9.17) is 14.0 Å². The molecule has 0 unspecified atom stereocenters. The zero-order valence-electron chi connectivity index (χ0n) is 13.7. The number of hydrogen-bond acceptors (Lipinski definition) is 6. The maximum atomic E-state index is 13.9. The van der Waals surface area contributed by atoms with Crippen LogP contribution in [-0.4, -0.2) is 52.3 Å². The molecule has 25 heavy (non-hydrogen) atoms. The van der Waals surface area contributed by atoms with Crippen molar-refractivity contribution >= 4 is 5.91 Å². The zero-order chi connectivity index (χ0) is 17.4. The van der Waals surface area contributed by atoms with Crippen molar-refractivity contribution in [2.45, 2.75) is 38.0 Å². The number of halogens is 1. The summed E-state index contributed by atoms with van der Waals surface area (Å²) in [5.41, 5.74) is 0.256. The summed E-state index contributed by atoms with van der Waals surface area (Å²) in [5, 5.41) is 3.80. The highest BCUT2D eigenvalue weighted by atomic mass is 19.1. The molecule has 2 saturated heterocycles. The topological polar surface area (TPSA) is 77.7 Å². The van der Waals surface area contributed by atoms with Gasteiger partial charge in [-0.05, 0) is 31.9 Å². The number of pyridine rings is 1. The Morgan fingerprint density at radius 1 is 1.48 bits per heavy atom. The Morgan fingerprint density at radius 2 is 2.36 bits per heavy atom. The number of carbonyl (C=O) groups is 1. The molecule has 0 bridgehead atoms. The summed E-state index contributed by atoms with van der Waals surface area (Å²) in [6.45, 7) is 2.61. The Kier molecular flexibility index (Phi) is 4.12. The van der Waals surface area contributed by atoms with Gasteiger partial charge in [-0.1, -0.05) is 5.16 Å². The molecule has 0 N–H and O–H groups in total. The molecule has 2 aromatic heterocycles. The van der Waals surface area contributed by atoms with Crippen molar-refractivity contribution in [3.63, 3.8) is 0 Å². The first kappa shape index (κ1) is 16.0. The second-order valence-corrected chi connectivity index (χ2v) is 6.27. The summed E-state index contributed by atoms with van der Waals surface area (Å²) in [6, 6.07) is 4.26. The van der Waals surface area contributed by atoms with Gasteiger partial charge in [0.25, 0.3) is 11.8 Å². The number of amides is 1. The molecule has 0 aliphatic carbocycles. The average molecular weight is 347 g/mol. The molecule has 2 aromatic rings. The van der Waals surface area contributed by atoms with Gasteiger partial charge in [-0.2, -0.15) is 0 Å². The number of aryl methyl sites for hydroxylation is 1. The third-order valence-electron chi connectivity index (χ3n) is 4.57. The summed E-state index contributed by atoms with van der Waals surface area (Å²) >= 11 is 0. The number of aromatic nitrogens is 2. The average Bonchev–Trinajstić information content (AvgIpc) is 3.21. The minimum absolute atomic E-state index is 0.0768. The number of fused-ring (bicyclic) bond motifs is 1. The molecule has 8 heteroatoms. The lowest BCUT2D eigenvalue weighted by molar-refractivity contribution is -0.0463. The van der Waals surface area contributed by atoms with Crippen molar-refractivity contribution in [2.24, 2.45) is 0 Å². The fourth-order valence-electron chi connectivity index (χ4n) is 3.46. The molecule has 0 radical (unpaired) electrons. The monoisotopic (exact) mass is 347 g/mol. The van der Waals surface area contributed by atoms with Crippen LogP contribution in [0.25, 0.3) is 0 Å². The molecule has 0 spiro atoms. The molecule has 4 rings (SSSR count). The van der Waals surface area contributed by atoms with Crippen LogP contribution >= 0.6 is 0 Å². The first-order chi connectivity index (χ1) is 12.1. The first-order valence-corrected chi connectivity index (χ1v) is 8.26. The van der Waals surface area contributed by atoms with Crippen LogP contribution in [0.5, 0.6) is 5.88 Å². The van der Waals surface area contributed by atoms with Crippen molar-refractivity contribution in [2.75, 3.05) is 13.2 Å². The van der Waals surface area contributed by atoms with Crippen LogP contribution in [0, 0.1) is 12.7 Å². The van der Waals surface area contributed by atoms with Crippen LogP contribution in [0.4, 0.5) is 4.39 Å². The van der Waals surface area contributed by atoms with E-state index in [-0.39, 0.29) is 36.2 Å². The number of rotatable bonds is 3. The molecule has 2 aliphatic heterocycles. The fourth-order valence-corrected chi connectivity index (χ4v) is 3.46. The van der Waals surface area contributed by atoms with E-state index >= 15 is 0 Å². The lowest BCUT2D eigenvalue weighted by atomic mass is 10.0. The van der Waals surface area contributed by atoms with Crippen molar-refractivity contribution in [1.82, 2.24) is 15.0 Å². The van der Waals surface area contributed by atoms with E-state index in [0.717, 1.165) is 12.8 Å². The Hall–Kier alpha value is -2.48. The second-order valence-electron chi connectivity index (χ2n) is 6.27. The summed E-state index contributed by atoms with van der Waals surface area (Å²) in [5.74, 6) is -0.272. The maximum Gasteiger partial charge on any atom is 0.276 e. The molecule has 2 aliphatic rings. The Labute approximate surface area is 143 Å². The van der Waals surface area contributed by atoms with Crippen LogP contribution in [0.3, 0.4) is 0 Å². The smallest absolute Gasteiger partial charge is 0.276 e. The van der Waals surface area contributed by atoms with Crippen molar-refractivity contribution in [3.05, 3.63) is 41.7 Å². The van der Waals surface area contributed by atoms with E-state index in [9.17, 15) is 9.18 Å². The van der Waals surface area contributed by atoms with Crippen LogP contribution < -0.4 is 4.74 Å². The molecular weight excluding hydrogens is 329 g/mol. The number of nitrogens with zero attached hydrogens (tertiary/aromatic N) is 3. The van der Waals surface area contributed by atoms with Crippen LogP contribution in [0.2, 0.25) is 0 Å². The predicted octanol–water partition coefficient (Wildman–Crippen LogP) is 1.97. The van der Waals surface area contributed by atoms with E-state index in [1.165, 1.54) is 18.3 Å². The van der Waals surface area contributed by atoms with E-state index < -0.39 is 11.9 Å². The number of ether oxygens (including phenoxy) is 2. The largest absolute Gasteiger partial charge is 0.468 e. The summed E-state index contributed by atoms with van der Waals surface area (Å²) in [4.78, 5) is 18.4. The number of hydrogen-bond donors (Lipinski definition) is 0. The van der Waals surface area contributed by atoms with Crippen molar-refractivity contribution < 1.29 is 23.2 Å². The maximum absolute atomic E-state index is 13.9. The van der Waals surface area contributed by atoms with Gasteiger partial charge in [-0.3, -0.25) is 4.79 Å². The highest BCUT2D eigenvalue weighted by Crippen LogP contribution is 2.32. The second kappa shape index (κ2) is 6.44. The lowest BCUT2D eigenvalue weighted by Gasteiger charge is -2.31. The Bertz CT molecular complexity index is 781. The van der Waals surface area contributed by atoms with Gasteiger partial charge in [0, 0.05) is 18.9 Å². The summed E-state index contributed by atoms with van der Waals surface area (Å²) < 4.78 is 30.4. The van der Waals surface area contributed by atoms with E-state index in [1.54, 1.807) is 17.9 Å². The van der Waals surface area contributed by atoms with E-state index in [1.807, 2.05) is 0 Å². The van der Waals surface area contributed by atoms with E-state index in [2.05, 4.69) is 10.1 Å². The summed E-state index contributed by atoms with van der Waals surface area (Å²) in [7, 11) is 0. The molecule has 0 aromatic carbocycles. The standard InChI is InChI=1S/C17H18FN3O4/c1-10-8-12(20-25-10)17(22)21-9-14(15-13(21)5-3-7-23-15)24-16-11(18)4-2-6-19-16/h2,4,6,8,13-15H,3,5,7,9H2,1H3/t13-,14+,15+/m1/s1. The van der Waals surface area contributed by atoms with Gasteiger partial charge >= 0.3 is 0 Å². The van der Waals surface area contributed by atoms with Crippen LogP contribution in [-0.2, 0) is 4.74 Å². The van der Waals surface area contributed by atoms with Gasteiger partial charge in [0.1, 0.15) is 18.0 Å². The van der Waals surface area contributed by atoms with Crippen LogP contribution in [0.15, 0.2) is 28.9 Å². The fraction of sp³-hybridized carbons (Fsp3) is 0.471. The van der Waals surface area contributed by atoms with Gasteiger partial charge in [0.15, 0.2) is 11.5 Å². The molecule has 7 nitrogen and oxygen atoms in total.